The molecule has 1 aromatic heterocycles. The minimum Gasteiger partial charge on any atom is -0.296 e. The van der Waals surface area contributed by atoms with Gasteiger partial charge in [-0.1, -0.05) is 66.7 Å². The SMILES string of the molecule is S=c1[nH]nc(-c2cc3ccc2CCc2ccc(cc2)CC3)n1Cc1ccccc1. The third-order valence-corrected chi connectivity index (χ3v) is 6.08. The van der Waals surface area contributed by atoms with Crippen molar-refractivity contribution in [1.82, 2.24) is 14.8 Å². The Labute approximate surface area is 176 Å². The van der Waals surface area contributed by atoms with Crippen LogP contribution in [0.3, 0.4) is 0 Å². The molecule has 3 aromatic carbocycles. The number of benzene rings is 3. The molecule has 0 saturated carbocycles. The highest BCUT2D eigenvalue weighted by molar-refractivity contribution is 7.71. The van der Waals surface area contributed by atoms with Gasteiger partial charge in [0.1, 0.15) is 0 Å². The molecule has 4 aliphatic rings. The number of H-pyrrole nitrogens is 1. The molecular weight excluding hydrogens is 374 g/mol. The molecule has 144 valence electrons. The van der Waals surface area contributed by atoms with E-state index in [1.807, 2.05) is 6.07 Å². The number of nitrogens with zero attached hydrogens (tertiary/aromatic N) is 2. The summed E-state index contributed by atoms with van der Waals surface area (Å²) in [6, 6.07) is 26.4. The first-order chi connectivity index (χ1) is 14.3. The number of nitrogens with one attached hydrogen (secondary N) is 1. The summed E-state index contributed by atoms with van der Waals surface area (Å²) in [7, 11) is 0. The second-order valence-corrected chi connectivity index (χ2v) is 8.12. The Balaban J connectivity index is 1.57. The molecular formula is C25H23N3S. The summed E-state index contributed by atoms with van der Waals surface area (Å²) in [6.07, 6.45) is 4.09. The van der Waals surface area contributed by atoms with Crippen molar-refractivity contribution in [2.24, 2.45) is 0 Å². The molecule has 3 nitrogen and oxygen atoms in total. The van der Waals surface area contributed by atoms with Crippen LogP contribution in [-0.4, -0.2) is 14.8 Å². The maximum Gasteiger partial charge on any atom is 0.195 e. The standard InChI is InChI=1S/C25H23N3S/c29-25-27-26-24(28(25)17-21-4-2-1-3-5-21)23-16-20-11-10-18-6-8-19(9-7-18)12-14-22(23)15-13-20/h1-9,13,15-16H,10-12,14,17H2,(H,27,29). The number of hydrogen-bond donors (Lipinski definition) is 1. The van der Waals surface area contributed by atoms with Gasteiger partial charge in [0.25, 0.3) is 0 Å². The smallest absolute Gasteiger partial charge is 0.195 e. The van der Waals surface area contributed by atoms with Crippen molar-refractivity contribution in [2.75, 3.05) is 0 Å². The van der Waals surface area contributed by atoms with Gasteiger partial charge in [-0.3, -0.25) is 9.67 Å². The van der Waals surface area contributed by atoms with Crippen LogP contribution < -0.4 is 0 Å². The minimum atomic E-state index is 0.663. The number of aromatic nitrogens is 3. The number of rotatable bonds is 3. The third-order valence-electron chi connectivity index (χ3n) is 5.77. The summed E-state index contributed by atoms with van der Waals surface area (Å²) in [5.74, 6) is 0.932. The maximum atomic E-state index is 5.58. The molecule has 1 N–H and O–H groups in total. The van der Waals surface area contributed by atoms with Crippen molar-refractivity contribution >= 4 is 12.2 Å². The molecule has 4 bridgehead atoms. The number of aromatic amines is 1. The lowest BCUT2D eigenvalue weighted by Crippen LogP contribution is -2.06. The molecule has 0 spiro atoms. The van der Waals surface area contributed by atoms with Crippen LogP contribution in [0.1, 0.15) is 27.8 Å². The molecule has 0 saturated heterocycles. The molecule has 8 rings (SSSR count). The van der Waals surface area contributed by atoms with Crippen LogP contribution in [0.15, 0.2) is 72.8 Å². The largest absolute Gasteiger partial charge is 0.296 e. The average Bonchev–Trinajstić information content (AvgIpc) is 3.11. The lowest BCUT2D eigenvalue weighted by molar-refractivity contribution is 0.788. The molecule has 29 heavy (non-hydrogen) atoms. The average molecular weight is 398 g/mol. The van der Waals surface area contributed by atoms with E-state index in [4.69, 9.17) is 12.2 Å². The fraction of sp³-hybridized carbons (Fsp3) is 0.200. The zero-order valence-electron chi connectivity index (χ0n) is 16.3. The van der Waals surface area contributed by atoms with E-state index in [0.29, 0.717) is 4.77 Å². The molecule has 4 aromatic rings. The van der Waals surface area contributed by atoms with Gasteiger partial charge < -0.3 is 0 Å². The highest BCUT2D eigenvalue weighted by atomic mass is 32.1. The van der Waals surface area contributed by atoms with Crippen molar-refractivity contribution in [2.45, 2.75) is 32.2 Å². The van der Waals surface area contributed by atoms with E-state index >= 15 is 0 Å². The summed E-state index contributed by atoms with van der Waals surface area (Å²) in [6.45, 7) is 0.718. The van der Waals surface area contributed by atoms with E-state index in [-0.39, 0.29) is 0 Å². The van der Waals surface area contributed by atoms with Gasteiger partial charge in [0.05, 0.1) is 6.54 Å². The van der Waals surface area contributed by atoms with Crippen LogP contribution in [0.4, 0.5) is 0 Å². The third kappa shape index (κ3) is 3.81. The predicted octanol–water partition coefficient (Wildman–Crippen LogP) is 5.54. The van der Waals surface area contributed by atoms with Gasteiger partial charge in [0.2, 0.25) is 0 Å². The van der Waals surface area contributed by atoms with Gasteiger partial charge in [0, 0.05) is 5.56 Å². The van der Waals surface area contributed by atoms with Gasteiger partial charge in [-0.25, -0.2) is 0 Å². The van der Waals surface area contributed by atoms with Gasteiger partial charge in [-0.2, -0.15) is 5.10 Å². The Hall–Kier alpha value is -2.98. The molecule has 0 unspecified atom stereocenters. The highest BCUT2D eigenvalue weighted by Gasteiger charge is 2.15. The second kappa shape index (κ2) is 7.80. The lowest BCUT2D eigenvalue weighted by atomic mass is 9.93. The van der Waals surface area contributed by atoms with E-state index in [0.717, 1.165) is 38.1 Å². The quantitative estimate of drug-likeness (QED) is 0.461. The Morgan fingerprint density at radius 2 is 1.45 bits per heavy atom. The van der Waals surface area contributed by atoms with Gasteiger partial charge >= 0.3 is 0 Å². The van der Waals surface area contributed by atoms with Crippen molar-refractivity contribution in [3.8, 4) is 11.4 Å². The molecule has 1 heterocycles. The first-order valence-corrected chi connectivity index (χ1v) is 10.6. The molecule has 0 radical (unpaired) electrons. The van der Waals surface area contributed by atoms with Crippen molar-refractivity contribution in [3.63, 3.8) is 0 Å². The van der Waals surface area contributed by atoms with Crippen LogP contribution in [0.25, 0.3) is 11.4 Å². The Bertz CT molecular complexity index is 1190. The van der Waals surface area contributed by atoms with E-state index in [1.165, 1.54) is 33.4 Å². The van der Waals surface area contributed by atoms with E-state index < -0.39 is 0 Å². The maximum absolute atomic E-state index is 5.58. The zero-order chi connectivity index (χ0) is 19.6. The Morgan fingerprint density at radius 1 is 0.793 bits per heavy atom. The summed E-state index contributed by atoms with van der Waals surface area (Å²) >= 11 is 5.58. The molecule has 0 fully saturated rings. The monoisotopic (exact) mass is 397 g/mol. The normalized spacial score (nSPS) is 13.2. The van der Waals surface area contributed by atoms with Crippen molar-refractivity contribution < 1.29 is 0 Å². The second-order valence-electron chi connectivity index (χ2n) is 7.73. The summed E-state index contributed by atoms with van der Waals surface area (Å²) in [4.78, 5) is 0. The van der Waals surface area contributed by atoms with E-state index in [1.54, 1.807) is 0 Å². The molecule has 0 atom stereocenters. The molecule has 0 amide bonds. The molecule has 4 heteroatoms. The zero-order valence-corrected chi connectivity index (χ0v) is 17.1. The van der Waals surface area contributed by atoms with Gasteiger partial charge in [-0.05, 0) is 71.8 Å². The van der Waals surface area contributed by atoms with Crippen LogP contribution >= 0.6 is 12.2 Å². The minimum absolute atomic E-state index is 0.663. The van der Waals surface area contributed by atoms with Crippen LogP contribution in [0.2, 0.25) is 0 Å². The summed E-state index contributed by atoms with van der Waals surface area (Å²) in [5, 5.41) is 7.66. The topological polar surface area (TPSA) is 33.6 Å². The van der Waals surface area contributed by atoms with E-state index in [2.05, 4.69) is 81.5 Å². The fourth-order valence-corrected chi connectivity index (χ4v) is 4.28. The summed E-state index contributed by atoms with van der Waals surface area (Å²) < 4.78 is 2.78. The Morgan fingerprint density at radius 3 is 2.21 bits per heavy atom. The van der Waals surface area contributed by atoms with Gasteiger partial charge in [0.15, 0.2) is 10.6 Å². The van der Waals surface area contributed by atoms with Crippen LogP contribution in [-0.2, 0) is 32.2 Å². The first-order valence-electron chi connectivity index (χ1n) is 10.2. The number of aryl methyl sites for hydroxylation is 4. The first kappa shape index (κ1) is 18.1. The Kier molecular flexibility index (Phi) is 4.86. The molecule has 0 aliphatic heterocycles. The van der Waals surface area contributed by atoms with Crippen LogP contribution in [0, 0.1) is 4.77 Å². The molecule has 4 aliphatic carbocycles. The highest BCUT2D eigenvalue weighted by Crippen LogP contribution is 2.27. The van der Waals surface area contributed by atoms with Gasteiger partial charge in [-0.15, -0.1) is 0 Å². The predicted molar refractivity (Wildman–Crippen MR) is 120 cm³/mol. The number of hydrogen-bond acceptors (Lipinski definition) is 2. The van der Waals surface area contributed by atoms with Crippen molar-refractivity contribution in [1.29, 1.82) is 0 Å². The lowest BCUT2D eigenvalue weighted by Gasteiger charge is -2.15. The van der Waals surface area contributed by atoms with Crippen molar-refractivity contribution in [3.05, 3.63) is 105 Å². The summed E-state index contributed by atoms with van der Waals surface area (Å²) in [5.41, 5.74) is 7.85. The van der Waals surface area contributed by atoms with E-state index in [9.17, 15) is 0 Å². The fourth-order valence-electron chi connectivity index (χ4n) is 4.08. The van der Waals surface area contributed by atoms with Crippen LogP contribution in [0.5, 0.6) is 0 Å².